The lowest BCUT2D eigenvalue weighted by Crippen LogP contribution is -2.36. The van der Waals surface area contributed by atoms with Crippen molar-refractivity contribution in [2.75, 3.05) is 19.6 Å². The second kappa shape index (κ2) is 7.40. The van der Waals surface area contributed by atoms with Crippen LogP contribution in [0.2, 0.25) is 0 Å². The van der Waals surface area contributed by atoms with Gasteiger partial charge >= 0.3 is 0 Å². The van der Waals surface area contributed by atoms with Crippen LogP contribution in [0.25, 0.3) is 0 Å². The van der Waals surface area contributed by atoms with E-state index in [4.69, 9.17) is 0 Å². The molecule has 0 spiro atoms. The first-order valence-electron chi connectivity index (χ1n) is 10.0. The van der Waals surface area contributed by atoms with Crippen molar-refractivity contribution >= 4 is 5.91 Å². The molecule has 2 aliphatic heterocycles. The molecule has 5 rings (SSSR count). The highest BCUT2D eigenvalue weighted by atomic mass is 16.2. The molecule has 4 heterocycles. The molecule has 3 atom stereocenters. The van der Waals surface area contributed by atoms with Gasteiger partial charge in [0.05, 0.1) is 18.4 Å². The smallest absolute Gasteiger partial charge is 0.274 e. The molecule has 148 valence electrons. The molecule has 1 aromatic carbocycles. The Morgan fingerprint density at radius 1 is 1.10 bits per heavy atom. The molecule has 2 aromatic heterocycles. The Labute approximate surface area is 170 Å². The molecule has 1 amide bonds. The molecular weight excluding hydrogens is 364 g/mol. The van der Waals surface area contributed by atoms with Crippen LogP contribution in [0.5, 0.6) is 0 Å². The maximum atomic E-state index is 13.2. The summed E-state index contributed by atoms with van der Waals surface area (Å²) in [7, 11) is 1.95. The number of aromatic nitrogens is 4. The zero-order valence-electron chi connectivity index (χ0n) is 16.4. The summed E-state index contributed by atoms with van der Waals surface area (Å²) in [4.78, 5) is 26.1. The molecule has 0 saturated carbocycles. The number of hydrogen-bond donors (Lipinski definition) is 0. The van der Waals surface area contributed by atoms with Gasteiger partial charge in [0.15, 0.2) is 0 Å². The maximum Gasteiger partial charge on any atom is 0.274 e. The Morgan fingerprint density at radius 3 is 2.69 bits per heavy atom. The molecule has 0 N–H and O–H groups in total. The van der Waals surface area contributed by atoms with Crippen LogP contribution in [0.3, 0.4) is 0 Å². The number of fused-ring (bicyclic) bond motifs is 1. The molecule has 0 aliphatic carbocycles. The predicted molar refractivity (Wildman–Crippen MR) is 108 cm³/mol. The lowest BCUT2D eigenvalue weighted by molar-refractivity contribution is 0.0693. The van der Waals surface area contributed by atoms with Gasteiger partial charge in [-0.2, -0.15) is 5.10 Å². The van der Waals surface area contributed by atoms with E-state index in [1.54, 1.807) is 18.6 Å². The Bertz CT molecular complexity index is 989. The first-order chi connectivity index (χ1) is 14.2. The van der Waals surface area contributed by atoms with Crippen molar-refractivity contribution in [3.8, 4) is 0 Å². The Morgan fingerprint density at radius 2 is 1.97 bits per heavy atom. The highest BCUT2D eigenvalue weighted by Gasteiger charge is 2.49. The van der Waals surface area contributed by atoms with Gasteiger partial charge in [0.1, 0.15) is 5.69 Å². The van der Waals surface area contributed by atoms with Crippen molar-refractivity contribution in [3.05, 3.63) is 78.1 Å². The average molecular weight is 388 g/mol. The number of hydrogen-bond acceptors (Lipinski definition) is 5. The summed E-state index contributed by atoms with van der Waals surface area (Å²) >= 11 is 0. The van der Waals surface area contributed by atoms with E-state index in [0.29, 0.717) is 17.5 Å². The van der Waals surface area contributed by atoms with Gasteiger partial charge in [0, 0.05) is 63.3 Å². The summed E-state index contributed by atoms with van der Waals surface area (Å²) in [5.41, 5.74) is 2.84. The van der Waals surface area contributed by atoms with Crippen molar-refractivity contribution < 1.29 is 4.79 Å². The number of carbonyl (C=O) groups is 1. The fraction of sp³-hybridized carbons (Fsp3) is 0.364. The van der Waals surface area contributed by atoms with Crippen LogP contribution in [0.4, 0.5) is 0 Å². The van der Waals surface area contributed by atoms with Crippen molar-refractivity contribution in [1.29, 1.82) is 0 Å². The molecule has 7 nitrogen and oxygen atoms in total. The van der Waals surface area contributed by atoms with Crippen LogP contribution in [-0.2, 0) is 13.6 Å². The van der Waals surface area contributed by atoms with E-state index in [-0.39, 0.29) is 11.9 Å². The van der Waals surface area contributed by atoms with Gasteiger partial charge in [-0.25, -0.2) is 4.98 Å². The topological polar surface area (TPSA) is 67.2 Å². The van der Waals surface area contributed by atoms with Gasteiger partial charge in [-0.3, -0.25) is 19.4 Å². The van der Waals surface area contributed by atoms with Crippen LogP contribution < -0.4 is 0 Å². The van der Waals surface area contributed by atoms with Gasteiger partial charge in [0.25, 0.3) is 5.91 Å². The summed E-state index contributed by atoms with van der Waals surface area (Å²) in [6, 6.07) is 10.5. The maximum absolute atomic E-state index is 13.2. The number of carbonyl (C=O) groups excluding carboxylic acids is 1. The standard InChI is InChI=1S/C22H24N6O/c1-26-11-16(9-25-26)12-27-13-18-14-28(22(29)20-10-23-7-8-24-20)21(19(18)15-27)17-5-3-2-4-6-17/h2-11,18-19,21H,12-15H2,1H3/t18-,19-,21+/m0/s1. The lowest BCUT2D eigenvalue weighted by Gasteiger charge is -2.29. The normalized spacial score (nSPS) is 24.0. The zero-order chi connectivity index (χ0) is 19.8. The summed E-state index contributed by atoms with van der Waals surface area (Å²) in [5, 5.41) is 4.29. The summed E-state index contributed by atoms with van der Waals surface area (Å²) in [6.45, 7) is 3.63. The molecule has 7 heteroatoms. The minimum Gasteiger partial charge on any atom is -0.330 e. The van der Waals surface area contributed by atoms with Crippen LogP contribution in [-0.4, -0.2) is 55.1 Å². The third-order valence-electron chi connectivity index (χ3n) is 6.09. The van der Waals surface area contributed by atoms with Crippen molar-refractivity contribution in [3.63, 3.8) is 0 Å². The molecule has 0 radical (unpaired) electrons. The Hall–Kier alpha value is -3.06. The fourth-order valence-electron chi connectivity index (χ4n) is 4.92. The van der Waals surface area contributed by atoms with Gasteiger partial charge < -0.3 is 4.90 Å². The molecule has 2 aliphatic rings. The highest BCUT2D eigenvalue weighted by Crippen LogP contribution is 2.45. The Kier molecular flexibility index (Phi) is 4.60. The number of aryl methyl sites for hydroxylation is 1. The largest absolute Gasteiger partial charge is 0.330 e. The third-order valence-corrected chi connectivity index (χ3v) is 6.09. The fourth-order valence-corrected chi connectivity index (χ4v) is 4.92. The molecule has 2 saturated heterocycles. The summed E-state index contributed by atoms with van der Waals surface area (Å²) < 4.78 is 1.85. The van der Waals surface area contributed by atoms with Crippen LogP contribution in [0.1, 0.15) is 27.7 Å². The minimum atomic E-state index is -0.0276. The monoisotopic (exact) mass is 388 g/mol. The molecule has 0 unspecified atom stereocenters. The SMILES string of the molecule is Cn1cc(CN2C[C@H]3CN(C(=O)c4cnccn4)[C@H](c4ccccc4)[C@H]3C2)cn1. The van der Waals surface area contributed by atoms with E-state index in [2.05, 4.69) is 50.4 Å². The van der Waals surface area contributed by atoms with E-state index < -0.39 is 0 Å². The van der Waals surface area contributed by atoms with Crippen LogP contribution in [0.15, 0.2) is 61.3 Å². The number of nitrogens with zero attached hydrogens (tertiary/aromatic N) is 6. The van der Waals surface area contributed by atoms with E-state index >= 15 is 0 Å². The van der Waals surface area contributed by atoms with Crippen molar-refractivity contribution in [1.82, 2.24) is 29.5 Å². The average Bonchev–Trinajstić information content (AvgIpc) is 3.43. The quantitative estimate of drug-likeness (QED) is 0.685. The molecule has 29 heavy (non-hydrogen) atoms. The molecule has 3 aromatic rings. The second-order valence-corrected chi connectivity index (χ2v) is 8.04. The minimum absolute atomic E-state index is 0.0276. The van der Waals surface area contributed by atoms with Crippen molar-refractivity contribution in [2.24, 2.45) is 18.9 Å². The van der Waals surface area contributed by atoms with Gasteiger partial charge in [-0.15, -0.1) is 0 Å². The Balaban J connectivity index is 1.40. The predicted octanol–water partition coefficient (Wildman–Crippen LogP) is 2.16. The zero-order valence-corrected chi connectivity index (χ0v) is 16.4. The van der Waals surface area contributed by atoms with Crippen LogP contribution in [0, 0.1) is 11.8 Å². The number of benzene rings is 1. The second-order valence-electron chi connectivity index (χ2n) is 8.04. The van der Waals surface area contributed by atoms with Crippen molar-refractivity contribution in [2.45, 2.75) is 12.6 Å². The summed E-state index contributed by atoms with van der Waals surface area (Å²) in [6.07, 6.45) is 8.75. The molecular formula is C22H24N6O. The van der Waals surface area contributed by atoms with Crippen LogP contribution >= 0.6 is 0 Å². The third kappa shape index (κ3) is 3.42. The van der Waals surface area contributed by atoms with Gasteiger partial charge in [-0.1, -0.05) is 30.3 Å². The number of likely N-dealkylation sites (tertiary alicyclic amines) is 2. The highest BCUT2D eigenvalue weighted by molar-refractivity contribution is 5.92. The van der Waals surface area contributed by atoms with Gasteiger partial charge in [0.2, 0.25) is 0 Å². The van der Waals surface area contributed by atoms with E-state index in [1.165, 1.54) is 11.1 Å². The van der Waals surface area contributed by atoms with E-state index in [1.807, 2.05) is 28.9 Å². The van der Waals surface area contributed by atoms with E-state index in [9.17, 15) is 4.79 Å². The van der Waals surface area contributed by atoms with E-state index in [0.717, 1.165) is 26.2 Å². The first kappa shape index (κ1) is 18.0. The summed E-state index contributed by atoms with van der Waals surface area (Å²) in [5.74, 6) is 0.840. The number of rotatable bonds is 4. The lowest BCUT2D eigenvalue weighted by atomic mass is 9.89. The first-order valence-corrected chi connectivity index (χ1v) is 10.0. The number of amides is 1. The van der Waals surface area contributed by atoms with Gasteiger partial charge in [-0.05, 0) is 11.5 Å². The molecule has 2 fully saturated rings. The molecule has 0 bridgehead atoms.